The Hall–Kier alpha value is -1.80. The molecule has 3 unspecified atom stereocenters. The molecule has 0 aliphatic heterocycles. The molecular weight excluding hydrogens is 256 g/mol. The molecule has 3 rings (SSSR count). The van der Waals surface area contributed by atoms with Gasteiger partial charge in [0.05, 0.1) is 0 Å². The van der Waals surface area contributed by atoms with Crippen molar-refractivity contribution in [2.45, 2.75) is 31.3 Å². The van der Waals surface area contributed by atoms with Gasteiger partial charge in [-0.25, -0.2) is 0 Å². The average Bonchev–Trinajstić information content (AvgIpc) is 3.27. The number of hydrogen-bond acceptors (Lipinski definition) is 2. The Kier molecular flexibility index (Phi) is 3.98. The lowest BCUT2D eigenvalue weighted by Crippen LogP contribution is -2.22. The summed E-state index contributed by atoms with van der Waals surface area (Å²) in [5.41, 5.74) is 4.07. The molecule has 2 heteroatoms. The van der Waals surface area contributed by atoms with Crippen LogP contribution in [0.25, 0.3) is 0 Å². The lowest BCUT2D eigenvalue weighted by molar-refractivity contribution is 0.563. The minimum Gasteiger partial charge on any atom is -0.378 e. The van der Waals surface area contributed by atoms with Crippen LogP contribution >= 0.6 is 0 Å². The second-order valence-corrected chi connectivity index (χ2v) is 6.23. The van der Waals surface area contributed by atoms with E-state index in [4.69, 9.17) is 0 Å². The molecule has 0 spiro atoms. The number of benzene rings is 2. The third kappa shape index (κ3) is 3.27. The van der Waals surface area contributed by atoms with E-state index >= 15 is 0 Å². The van der Waals surface area contributed by atoms with Crippen molar-refractivity contribution >= 4 is 5.69 Å². The van der Waals surface area contributed by atoms with Crippen LogP contribution in [0.1, 0.15) is 36.4 Å². The summed E-state index contributed by atoms with van der Waals surface area (Å²) < 4.78 is 0. The maximum atomic E-state index is 3.75. The van der Waals surface area contributed by atoms with E-state index < -0.39 is 0 Å². The molecule has 0 amide bonds. The third-order valence-corrected chi connectivity index (χ3v) is 4.39. The third-order valence-electron chi connectivity index (χ3n) is 4.39. The van der Waals surface area contributed by atoms with E-state index in [1.807, 2.05) is 0 Å². The molecule has 2 aromatic carbocycles. The largest absolute Gasteiger partial charge is 0.378 e. The van der Waals surface area contributed by atoms with Crippen LogP contribution in [0, 0.1) is 0 Å². The van der Waals surface area contributed by atoms with Crippen LogP contribution in [0.3, 0.4) is 0 Å². The predicted molar refractivity (Wildman–Crippen MR) is 89.9 cm³/mol. The van der Waals surface area contributed by atoms with Crippen LogP contribution < -0.4 is 10.2 Å². The summed E-state index contributed by atoms with van der Waals surface area (Å²) in [5, 5.41) is 3.75. The number of nitrogens with zero attached hydrogens (tertiary/aromatic N) is 1. The monoisotopic (exact) mass is 280 g/mol. The van der Waals surface area contributed by atoms with E-state index in [1.165, 1.54) is 23.2 Å². The number of hydrogen-bond donors (Lipinski definition) is 1. The zero-order valence-corrected chi connectivity index (χ0v) is 13.1. The van der Waals surface area contributed by atoms with Gasteiger partial charge in [0, 0.05) is 37.8 Å². The molecule has 21 heavy (non-hydrogen) atoms. The van der Waals surface area contributed by atoms with Crippen molar-refractivity contribution in [3.05, 3.63) is 65.7 Å². The highest BCUT2D eigenvalue weighted by atomic mass is 15.1. The molecule has 1 N–H and O–H groups in total. The van der Waals surface area contributed by atoms with Gasteiger partial charge in [-0.3, -0.25) is 0 Å². The molecular formula is C19H24N2. The van der Waals surface area contributed by atoms with Crippen molar-refractivity contribution in [2.24, 2.45) is 0 Å². The Morgan fingerprint density at radius 2 is 1.67 bits per heavy atom. The van der Waals surface area contributed by atoms with E-state index in [-0.39, 0.29) is 0 Å². The zero-order chi connectivity index (χ0) is 14.8. The first-order valence-electron chi connectivity index (χ1n) is 7.73. The number of nitrogens with one attached hydrogen (secondary N) is 1. The van der Waals surface area contributed by atoms with Gasteiger partial charge < -0.3 is 10.2 Å². The molecule has 1 aliphatic rings. The minimum absolute atomic E-state index is 0.403. The van der Waals surface area contributed by atoms with Crippen molar-refractivity contribution in [1.82, 2.24) is 5.32 Å². The van der Waals surface area contributed by atoms with Crippen molar-refractivity contribution in [3.63, 3.8) is 0 Å². The number of rotatable bonds is 5. The lowest BCUT2D eigenvalue weighted by Gasteiger charge is -2.17. The fourth-order valence-electron chi connectivity index (χ4n) is 2.93. The van der Waals surface area contributed by atoms with Crippen LogP contribution in [0.2, 0.25) is 0 Å². The van der Waals surface area contributed by atoms with Gasteiger partial charge in [0.15, 0.2) is 0 Å². The van der Waals surface area contributed by atoms with Gasteiger partial charge in [0.25, 0.3) is 0 Å². The van der Waals surface area contributed by atoms with Gasteiger partial charge in [-0.1, -0.05) is 42.5 Å². The molecule has 3 atom stereocenters. The maximum absolute atomic E-state index is 3.75. The molecule has 0 bridgehead atoms. The van der Waals surface area contributed by atoms with E-state index in [1.54, 1.807) is 0 Å². The second kappa shape index (κ2) is 5.90. The fraction of sp³-hybridized carbons (Fsp3) is 0.368. The molecule has 0 heterocycles. The van der Waals surface area contributed by atoms with Gasteiger partial charge in [0.2, 0.25) is 0 Å². The first-order chi connectivity index (χ1) is 10.1. The SMILES string of the molecule is CC(NC1CC1c1ccccc1)c1ccc(N(C)C)cc1. The van der Waals surface area contributed by atoms with E-state index in [2.05, 4.69) is 85.8 Å². The van der Waals surface area contributed by atoms with Gasteiger partial charge in [-0.05, 0) is 36.6 Å². The summed E-state index contributed by atoms with van der Waals surface area (Å²) in [6, 6.07) is 20.7. The topological polar surface area (TPSA) is 15.3 Å². The predicted octanol–water partition coefficient (Wildman–Crippen LogP) is 3.96. The zero-order valence-electron chi connectivity index (χ0n) is 13.1. The van der Waals surface area contributed by atoms with Crippen molar-refractivity contribution in [3.8, 4) is 0 Å². The highest BCUT2D eigenvalue weighted by molar-refractivity contribution is 5.46. The van der Waals surface area contributed by atoms with Gasteiger partial charge >= 0.3 is 0 Å². The Morgan fingerprint density at radius 3 is 2.29 bits per heavy atom. The van der Waals surface area contributed by atoms with Gasteiger partial charge in [-0.15, -0.1) is 0 Å². The quantitative estimate of drug-likeness (QED) is 0.892. The van der Waals surface area contributed by atoms with Crippen LogP contribution in [-0.4, -0.2) is 20.1 Å². The van der Waals surface area contributed by atoms with Crippen molar-refractivity contribution < 1.29 is 0 Å². The van der Waals surface area contributed by atoms with Gasteiger partial charge in [-0.2, -0.15) is 0 Å². The average molecular weight is 280 g/mol. The molecule has 1 saturated carbocycles. The summed E-state index contributed by atoms with van der Waals surface area (Å²) >= 11 is 0. The molecule has 0 saturated heterocycles. The maximum Gasteiger partial charge on any atom is 0.0361 e. The Balaban J connectivity index is 1.59. The Labute approximate surface area is 127 Å². The van der Waals surface area contributed by atoms with Crippen molar-refractivity contribution in [2.75, 3.05) is 19.0 Å². The molecule has 1 aliphatic carbocycles. The van der Waals surface area contributed by atoms with Crippen LogP contribution in [-0.2, 0) is 0 Å². The summed E-state index contributed by atoms with van der Waals surface area (Å²) in [6.07, 6.45) is 1.25. The Bertz CT molecular complexity index is 574. The smallest absolute Gasteiger partial charge is 0.0361 e. The van der Waals surface area contributed by atoms with Crippen LogP contribution in [0.5, 0.6) is 0 Å². The summed E-state index contributed by atoms with van der Waals surface area (Å²) in [4.78, 5) is 2.13. The van der Waals surface area contributed by atoms with E-state index in [0.29, 0.717) is 18.0 Å². The highest BCUT2D eigenvalue weighted by Gasteiger charge is 2.38. The number of anilines is 1. The summed E-state index contributed by atoms with van der Waals surface area (Å²) in [5.74, 6) is 0.690. The van der Waals surface area contributed by atoms with Gasteiger partial charge in [0.1, 0.15) is 0 Å². The van der Waals surface area contributed by atoms with Crippen molar-refractivity contribution in [1.29, 1.82) is 0 Å². The van der Waals surface area contributed by atoms with E-state index in [9.17, 15) is 0 Å². The minimum atomic E-state index is 0.403. The molecule has 2 aromatic rings. The van der Waals surface area contributed by atoms with E-state index in [0.717, 1.165) is 0 Å². The molecule has 0 aromatic heterocycles. The molecule has 0 radical (unpaired) electrons. The van der Waals surface area contributed by atoms with Crippen LogP contribution in [0.4, 0.5) is 5.69 Å². The molecule has 110 valence electrons. The first kappa shape index (κ1) is 14.2. The fourth-order valence-corrected chi connectivity index (χ4v) is 2.93. The molecule has 1 fully saturated rings. The first-order valence-corrected chi connectivity index (χ1v) is 7.73. The summed E-state index contributed by atoms with van der Waals surface area (Å²) in [7, 11) is 4.15. The standard InChI is InChI=1S/C19H24N2/c1-14(15-9-11-17(12-10-15)21(2)3)20-19-13-18(19)16-7-5-4-6-8-16/h4-12,14,18-20H,13H2,1-3H3. The second-order valence-electron chi connectivity index (χ2n) is 6.23. The molecule has 2 nitrogen and oxygen atoms in total. The lowest BCUT2D eigenvalue weighted by atomic mass is 10.1. The Morgan fingerprint density at radius 1 is 1.00 bits per heavy atom. The highest BCUT2D eigenvalue weighted by Crippen LogP contribution is 2.41. The summed E-state index contributed by atoms with van der Waals surface area (Å²) in [6.45, 7) is 2.26. The normalized spacial score (nSPS) is 21.9. The van der Waals surface area contributed by atoms with Crippen LogP contribution in [0.15, 0.2) is 54.6 Å².